The predicted molar refractivity (Wildman–Crippen MR) is 82.0 cm³/mol. The second-order valence-corrected chi connectivity index (χ2v) is 6.55. The molecule has 114 valence electrons. The first-order chi connectivity index (χ1) is 10.1. The van der Waals surface area contributed by atoms with Gasteiger partial charge in [-0.05, 0) is 43.4 Å². The molecule has 4 heteroatoms. The first-order valence-electron chi connectivity index (χ1n) is 7.82. The van der Waals surface area contributed by atoms with Gasteiger partial charge in [0.15, 0.2) is 0 Å². The zero-order valence-electron chi connectivity index (χ0n) is 12.6. The normalized spacial score (nSPS) is 28.2. The summed E-state index contributed by atoms with van der Waals surface area (Å²) in [4.78, 5) is 14.4. The highest BCUT2D eigenvalue weighted by Gasteiger charge is 2.35. The average Bonchev–Trinajstić information content (AvgIpc) is 2.92. The molecular weight excluding hydrogens is 264 g/mol. The SMILES string of the molecule is CN(CC1(O)CCNC1)C(=O)C1CCc2ccccc2C1. The van der Waals surface area contributed by atoms with E-state index in [9.17, 15) is 9.90 Å². The lowest BCUT2D eigenvalue weighted by molar-refractivity contribution is -0.137. The van der Waals surface area contributed by atoms with E-state index in [-0.39, 0.29) is 11.8 Å². The smallest absolute Gasteiger partial charge is 0.225 e. The molecule has 1 heterocycles. The molecule has 1 aliphatic carbocycles. The number of nitrogens with zero attached hydrogens (tertiary/aromatic N) is 1. The van der Waals surface area contributed by atoms with E-state index in [1.807, 2.05) is 13.1 Å². The molecule has 2 aliphatic rings. The van der Waals surface area contributed by atoms with Crippen molar-refractivity contribution in [1.29, 1.82) is 0 Å². The van der Waals surface area contributed by atoms with Gasteiger partial charge < -0.3 is 15.3 Å². The molecule has 0 bridgehead atoms. The zero-order chi connectivity index (χ0) is 14.9. The van der Waals surface area contributed by atoms with Crippen LogP contribution in [0.4, 0.5) is 0 Å². The quantitative estimate of drug-likeness (QED) is 0.871. The topological polar surface area (TPSA) is 52.6 Å². The maximum absolute atomic E-state index is 12.6. The fourth-order valence-electron chi connectivity index (χ4n) is 3.61. The first-order valence-corrected chi connectivity index (χ1v) is 7.82. The summed E-state index contributed by atoms with van der Waals surface area (Å²) in [6.07, 6.45) is 3.44. The highest BCUT2D eigenvalue weighted by atomic mass is 16.3. The summed E-state index contributed by atoms with van der Waals surface area (Å²) in [5.74, 6) is 0.229. The molecule has 0 spiro atoms. The Bertz CT molecular complexity index is 523. The van der Waals surface area contributed by atoms with Crippen molar-refractivity contribution in [3.05, 3.63) is 35.4 Å². The number of β-amino-alcohol motifs (C(OH)–C–C–N with tert-alkyl or cyclic N) is 1. The number of amides is 1. The van der Waals surface area contributed by atoms with Gasteiger partial charge in [0.1, 0.15) is 0 Å². The van der Waals surface area contributed by atoms with Crippen molar-refractivity contribution in [2.24, 2.45) is 5.92 Å². The van der Waals surface area contributed by atoms with Crippen LogP contribution in [0, 0.1) is 5.92 Å². The number of aryl methyl sites for hydroxylation is 1. The van der Waals surface area contributed by atoms with Gasteiger partial charge in [0.2, 0.25) is 5.91 Å². The number of aliphatic hydroxyl groups is 1. The Hall–Kier alpha value is -1.39. The van der Waals surface area contributed by atoms with Gasteiger partial charge in [-0.2, -0.15) is 0 Å². The molecule has 3 rings (SSSR count). The van der Waals surface area contributed by atoms with Gasteiger partial charge in [0.05, 0.1) is 12.1 Å². The Morgan fingerprint density at radius 1 is 1.43 bits per heavy atom. The standard InChI is InChI=1S/C17H24N2O2/c1-19(12-17(21)8-9-18-11-17)16(20)15-7-6-13-4-2-3-5-14(13)10-15/h2-5,15,18,21H,6-12H2,1H3. The van der Waals surface area contributed by atoms with Crippen LogP contribution in [0.15, 0.2) is 24.3 Å². The van der Waals surface area contributed by atoms with E-state index >= 15 is 0 Å². The third-order valence-corrected chi connectivity index (χ3v) is 4.82. The van der Waals surface area contributed by atoms with E-state index in [1.165, 1.54) is 11.1 Å². The predicted octanol–water partition coefficient (Wildman–Crippen LogP) is 0.974. The number of hydrogen-bond acceptors (Lipinski definition) is 3. The lowest BCUT2D eigenvalue weighted by Gasteiger charge is -2.32. The van der Waals surface area contributed by atoms with Crippen molar-refractivity contribution in [3.63, 3.8) is 0 Å². The van der Waals surface area contributed by atoms with Crippen molar-refractivity contribution in [1.82, 2.24) is 10.2 Å². The molecule has 1 saturated heterocycles. The molecule has 2 unspecified atom stereocenters. The zero-order valence-corrected chi connectivity index (χ0v) is 12.6. The minimum atomic E-state index is -0.753. The van der Waals surface area contributed by atoms with Crippen LogP contribution in [-0.2, 0) is 17.6 Å². The maximum Gasteiger partial charge on any atom is 0.225 e. The summed E-state index contributed by atoms with van der Waals surface area (Å²) >= 11 is 0. The highest BCUT2D eigenvalue weighted by molar-refractivity contribution is 5.79. The molecule has 1 aliphatic heterocycles. The minimum Gasteiger partial charge on any atom is -0.387 e. The van der Waals surface area contributed by atoms with Crippen LogP contribution in [0.3, 0.4) is 0 Å². The van der Waals surface area contributed by atoms with Crippen molar-refractivity contribution >= 4 is 5.91 Å². The summed E-state index contributed by atoms with van der Waals surface area (Å²) in [6, 6.07) is 8.40. The molecule has 2 N–H and O–H groups in total. The van der Waals surface area contributed by atoms with Crippen LogP contribution in [-0.4, -0.2) is 48.2 Å². The Kier molecular flexibility index (Phi) is 4.00. The minimum absolute atomic E-state index is 0.0582. The third kappa shape index (κ3) is 3.11. The molecule has 0 aromatic heterocycles. The van der Waals surface area contributed by atoms with Crippen LogP contribution in [0.2, 0.25) is 0 Å². The van der Waals surface area contributed by atoms with Gasteiger partial charge in [-0.25, -0.2) is 0 Å². The fourth-order valence-corrected chi connectivity index (χ4v) is 3.61. The van der Waals surface area contributed by atoms with Crippen molar-refractivity contribution in [2.75, 3.05) is 26.7 Å². The summed E-state index contributed by atoms with van der Waals surface area (Å²) in [5.41, 5.74) is 1.93. The van der Waals surface area contributed by atoms with Crippen molar-refractivity contribution in [2.45, 2.75) is 31.3 Å². The van der Waals surface area contributed by atoms with Gasteiger partial charge in [0.25, 0.3) is 0 Å². The molecule has 1 aromatic rings. The van der Waals surface area contributed by atoms with Gasteiger partial charge in [-0.3, -0.25) is 4.79 Å². The van der Waals surface area contributed by atoms with E-state index < -0.39 is 5.60 Å². The van der Waals surface area contributed by atoms with Crippen molar-refractivity contribution < 1.29 is 9.90 Å². The maximum atomic E-state index is 12.6. The second kappa shape index (κ2) is 5.78. The Labute approximate surface area is 126 Å². The highest BCUT2D eigenvalue weighted by Crippen LogP contribution is 2.27. The summed E-state index contributed by atoms with van der Waals surface area (Å²) in [6.45, 7) is 1.84. The summed E-state index contributed by atoms with van der Waals surface area (Å²) in [5, 5.41) is 13.6. The Balaban J connectivity index is 1.63. The lowest BCUT2D eigenvalue weighted by Crippen LogP contribution is -2.47. The third-order valence-electron chi connectivity index (χ3n) is 4.82. The monoisotopic (exact) mass is 288 g/mol. The average molecular weight is 288 g/mol. The number of likely N-dealkylation sites (N-methyl/N-ethyl adjacent to an activating group) is 1. The molecule has 1 amide bonds. The largest absolute Gasteiger partial charge is 0.387 e. The number of fused-ring (bicyclic) bond motifs is 1. The lowest BCUT2D eigenvalue weighted by atomic mass is 9.83. The van der Waals surface area contributed by atoms with E-state index in [1.54, 1.807) is 4.90 Å². The molecule has 1 fully saturated rings. The van der Waals surface area contributed by atoms with Gasteiger partial charge in [0, 0.05) is 19.5 Å². The molecular formula is C17H24N2O2. The summed E-state index contributed by atoms with van der Waals surface area (Å²) in [7, 11) is 1.82. The van der Waals surface area contributed by atoms with Gasteiger partial charge >= 0.3 is 0 Å². The van der Waals surface area contributed by atoms with Crippen molar-refractivity contribution in [3.8, 4) is 0 Å². The van der Waals surface area contributed by atoms with Crippen LogP contribution >= 0.6 is 0 Å². The van der Waals surface area contributed by atoms with Gasteiger partial charge in [-0.1, -0.05) is 24.3 Å². The molecule has 0 saturated carbocycles. The number of nitrogens with one attached hydrogen (secondary N) is 1. The van der Waals surface area contributed by atoms with Crippen LogP contribution in [0.1, 0.15) is 24.0 Å². The van der Waals surface area contributed by atoms with E-state index in [0.29, 0.717) is 13.1 Å². The van der Waals surface area contributed by atoms with Crippen LogP contribution in [0.5, 0.6) is 0 Å². The molecule has 21 heavy (non-hydrogen) atoms. The number of carbonyl (C=O) groups excluding carboxylic acids is 1. The second-order valence-electron chi connectivity index (χ2n) is 6.55. The first kappa shape index (κ1) is 14.5. The summed E-state index contributed by atoms with van der Waals surface area (Å²) < 4.78 is 0. The number of benzene rings is 1. The number of rotatable bonds is 3. The van der Waals surface area contributed by atoms with E-state index in [0.717, 1.165) is 32.2 Å². The Morgan fingerprint density at radius 2 is 2.19 bits per heavy atom. The molecule has 2 atom stereocenters. The molecule has 4 nitrogen and oxygen atoms in total. The number of hydrogen-bond donors (Lipinski definition) is 2. The number of carbonyl (C=O) groups is 1. The molecule has 1 aromatic carbocycles. The van der Waals surface area contributed by atoms with E-state index in [4.69, 9.17) is 0 Å². The Morgan fingerprint density at radius 3 is 2.90 bits per heavy atom. The van der Waals surface area contributed by atoms with Crippen LogP contribution < -0.4 is 5.32 Å². The van der Waals surface area contributed by atoms with Gasteiger partial charge in [-0.15, -0.1) is 0 Å². The fraction of sp³-hybridized carbons (Fsp3) is 0.588. The van der Waals surface area contributed by atoms with Crippen LogP contribution in [0.25, 0.3) is 0 Å². The molecule has 0 radical (unpaired) electrons. The van der Waals surface area contributed by atoms with E-state index in [2.05, 4.69) is 23.5 Å².